The zero-order valence-corrected chi connectivity index (χ0v) is 17.6. The van der Waals surface area contributed by atoms with Crippen LogP contribution in [0.15, 0.2) is 85.5 Å². The average Bonchev–Trinajstić information content (AvgIpc) is 2.78. The van der Waals surface area contributed by atoms with E-state index < -0.39 is 0 Å². The molecule has 0 aromatic heterocycles. The molecule has 4 rings (SSSR count). The van der Waals surface area contributed by atoms with Gasteiger partial charge < -0.3 is 0 Å². The zero-order valence-electron chi connectivity index (χ0n) is 17.6. The molecular formula is C29H32. The summed E-state index contributed by atoms with van der Waals surface area (Å²) in [5, 5.41) is 2.64. The fourth-order valence-electron chi connectivity index (χ4n) is 4.76. The van der Waals surface area contributed by atoms with E-state index in [9.17, 15) is 0 Å². The molecule has 0 bridgehead atoms. The third kappa shape index (κ3) is 4.70. The molecule has 1 aliphatic carbocycles. The molecule has 1 fully saturated rings. The first-order valence-corrected chi connectivity index (χ1v) is 11.1. The maximum Gasteiger partial charge on any atom is -0.0162 e. The monoisotopic (exact) mass is 380 g/mol. The minimum atomic E-state index is 0.733. The molecule has 0 aliphatic heterocycles. The van der Waals surface area contributed by atoms with E-state index in [2.05, 4.69) is 86.3 Å². The second-order valence-corrected chi connectivity index (χ2v) is 8.48. The number of hydrogen-bond donors (Lipinski definition) is 0. The Labute approximate surface area is 176 Å². The second-order valence-electron chi connectivity index (χ2n) is 8.48. The van der Waals surface area contributed by atoms with Crippen LogP contribution >= 0.6 is 0 Å². The number of benzene rings is 3. The van der Waals surface area contributed by atoms with Crippen LogP contribution in [-0.2, 0) is 6.42 Å². The number of hydrogen-bond acceptors (Lipinski definition) is 0. The summed E-state index contributed by atoms with van der Waals surface area (Å²) in [5.74, 6) is 1.53. The standard InChI is InChI=1S/C29H32/c1-3-5-7-23-10-13-29-21-28(19-18-27(29)20-23)26-16-14-25(15-17-26)24-11-8-22(6-4-2)9-12-24/h3-4,6,10,13-22,24H,1,5,7-9,11-12H2,2H3/b6-4+. The number of allylic oxidation sites excluding steroid dienone is 3. The average molecular weight is 381 g/mol. The Kier molecular flexibility index (Phi) is 6.30. The Balaban J connectivity index is 1.48. The van der Waals surface area contributed by atoms with Crippen LogP contribution in [0.4, 0.5) is 0 Å². The molecule has 1 saturated carbocycles. The summed E-state index contributed by atoms with van der Waals surface area (Å²) in [6, 6.07) is 23.0. The van der Waals surface area contributed by atoms with Crippen LogP contribution in [-0.4, -0.2) is 0 Å². The van der Waals surface area contributed by atoms with Gasteiger partial charge in [0.15, 0.2) is 0 Å². The van der Waals surface area contributed by atoms with E-state index in [1.807, 2.05) is 6.08 Å². The SMILES string of the molecule is C=CCCc1ccc2cc(-c3ccc(C4CCC(/C=C/C)CC4)cc3)ccc2c1. The second kappa shape index (κ2) is 9.27. The highest BCUT2D eigenvalue weighted by atomic mass is 14.3. The van der Waals surface area contributed by atoms with Crippen molar-refractivity contribution in [1.29, 1.82) is 0 Å². The van der Waals surface area contributed by atoms with Crippen molar-refractivity contribution < 1.29 is 0 Å². The fourth-order valence-corrected chi connectivity index (χ4v) is 4.76. The van der Waals surface area contributed by atoms with Gasteiger partial charge in [0, 0.05) is 0 Å². The first-order chi connectivity index (χ1) is 14.3. The van der Waals surface area contributed by atoms with E-state index in [0.29, 0.717) is 0 Å². The largest absolute Gasteiger partial charge is 0.103 e. The molecule has 0 radical (unpaired) electrons. The highest BCUT2D eigenvalue weighted by Crippen LogP contribution is 2.37. The molecule has 0 amide bonds. The molecule has 0 heterocycles. The van der Waals surface area contributed by atoms with Gasteiger partial charge in [-0.15, -0.1) is 6.58 Å². The Bertz CT molecular complexity index is 982. The lowest BCUT2D eigenvalue weighted by Gasteiger charge is -2.27. The quantitative estimate of drug-likeness (QED) is 0.376. The molecule has 3 aromatic carbocycles. The van der Waals surface area contributed by atoms with Crippen molar-refractivity contribution in [2.24, 2.45) is 5.92 Å². The molecule has 3 aromatic rings. The molecular weight excluding hydrogens is 348 g/mol. The molecule has 0 heteroatoms. The van der Waals surface area contributed by atoms with Crippen LogP contribution in [0.5, 0.6) is 0 Å². The van der Waals surface area contributed by atoms with Crippen LogP contribution < -0.4 is 0 Å². The van der Waals surface area contributed by atoms with Gasteiger partial charge >= 0.3 is 0 Å². The summed E-state index contributed by atoms with van der Waals surface area (Å²) in [7, 11) is 0. The van der Waals surface area contributed by atoms with E-state index in [1.165, 1.54) is 58.7 Å². The lowest BCUT2D eigenvalue weighted by Crippen LogP contribution is -2.11. The predicted molar refractivity (Wildman–Crippen MR) is 127 cm³/mol. The van der Waals surface area contributed by atoms with E-state index >= 15 is 0 Å². The van der Waals surface area contributed by atoms with Crippen molar-refractivity contribution in [3.63, 3.8) is 0 Å². The van der Waals surface area contributed by atoms with Gasteiger partial charge in [0.1, 0.15) is 0 Å². The summed E-state index contributed by atoms with van der Waals surface area (Å²) in [4.78, 5) is 0. The smallest absolute Gasteiger partial charge is 0.0162 e. The molecule has 1 aliphatic rings. The molecule has 0 N–H and O–H groups in total. The maximum atomic E-state index is 3.83. The fraction of sp³-hybridized carbons (Fsp3) is 0.310. The van der Waals surface area contributed by atoms with Gasteiger partial charge in [0.25, 0.3) is 0 Å². The first kappa shape index (κ1) is 19.7. The summed E-state index contributed by atoms with van der Waals surface area (Å²) < 4.78 is 0. The summed E-state index contributed by atoms with van der Waals surface area (Å²) in [6.07, 6.45) is 14.0. The molecule has 148 valence electrons. The van der Waals surface area contributed by atoms with E-state index in [-0.39, 0.29) is 0 Å². The number of fused-ring (bicyclic) bond motifs is 1. The summed E-state index contributed by atoms with van der Waals surface area (Å²) in [6.45, 7) is 5.97. The molecule has 29 heavy (non-hydrogen) atoms. The van der Waals surface area contributed by atoms with Crippen molar-refractivity contribution in [1.82, 2.24) is 0 Å². The van der Waals surface area contributed by atoms with Crippen molar-refractivity contribution in [3.05, 3.63) is 96.6 Å². The Morgan fingerprint density at radius 2 is 1.52 bits per heavy atom. The normalized spacial score (nSPS) is 19.6. The van der Waals surface area contributed by atoms with Gasteiger partial charge in [-0.3, -0.25) is 0 Å². The third-order valence-electron chi connectivity index (χ3n) is 6.49. The summed E-state index contributed by atoms with van der Waals surface area (Å²) in [5.41, 5.74) is 5.52. The van der Waals surface area contributed by atoms with Crippen LogP contribution in [0.3, 0.4) is 0 Å². The molecule has 0 saturated heterocycles. The zero-order chi connectivity index (χ0) is 20.1. The van der Waals surface area contributed by atoms with Crippen LogP contribution in [0, 0.1) is 5.92 Å². The lowest BCUT2D eigenvalue weighted by molar-refractivity contribution is 0.376. The predicted octanol–water partition coefficient (Wildman–Crippen LogP) is 8.48. The van der Waals surface area contributed by atoms with E-state index in [1.54, 1.807) is 0 Å². The van der Waals surface area contributed by atoms with Crippen molar-refractivity contribution in [2.75, 3.05) is 0 Å². The van der Waals surface area contributed by atoms with Gasteiger partial charge in [-0.1, -0.05) is 72.8 Å². The Morgan fingerprint density at radius 3 is 2.24 bits per heavy atom. The van der Waals surface area contributed by atoms with E-state index in [0.717, 1.165) is 24.7 Å². The molecule has 0 spiro atoms. The van der Waals surface area contributed by atoms with Crippen molar-refractivity contribution in [2.45, 2.75) is 51.4 Å². The first-order valence-electron chi connectivity index (χ1n) is 11.1. The lowest BCUT2D eigenvalue weighted by atomic mass is 9.78. The third-order valence-corrected chi connectivity index (χ3v) is 6.49. The molecule has 0 atom stereocenters. The maximum absolute atomic E-state index is 3.83. The van der Waals surface area contributed by atoms with E-state index in [4.69, 9.17) is 0 Å². The van der Waals surface area contributed by atoms with Crippen LogP contribution in [0.1, 0.15) is 56.1 Å². The van der Waals surface area contributed by atoms with Crippen molar-refractivity contribution in [3.8, 4) is 11.1 Å². The molecule has 0 unspecified atom stereocenters. The minimum absolute atomic E-state index is 0.733. The number of rotatable bonds is 6. The Morgan fingerprint density at radius 1 is 0.828 bits per heavy atom. The topological polar surface area (TPSA) is 0 Å². The van der Waals surface area contributed by atoms with Crippen LogP contribution in [0.25, 0.3) is 21.9 Å². The Hall–Kier alpha value is -2.60. The van der Waals surface area contributed by atoms with Crippen molar-refractivity contribution >= 4 is 10.8 Å². The van der Waals surface area contributed by atoms with Gasteiger partial charge in [0.2, 0.25) is 0 Å². The highest BCUT2D eigenvalue weighted by Gasteiger charge is 2.20. The van der Waals surface area contributed by atoms with Gasteiger partial charge in [-0.2, -0.15) is 0 Å². The highest BCUT2D eigenvalue weighted by molar-refractivity contribution is 5.87. The van der Waals surface area contributed by atoms with Gasteiger partial charge in [-0.25, -0.2) is 0 Å². The minimum Gasteiger partial charge on any atom is -0.103 e. The van der Waals surface area contributed by atoms with Gasteiger partial charge in [0.05, 0.1) is 0 Å². The number of aryl methyl sites for hydroxylation is 1. The van der Waals surface area contributed by atoms with Crippen LogP contribution in [0.2, 0.25) is 0 Å². The molecule has 0 nitrogen and oxygen atoms in total. The van der Waals surface area contributed by atoms with Gasteiger partial charge in [-0.05, 0) is 96.4 Å². The summed E-state index contributed by atoms with van der Waals surface area (Å²) >= 11 is 0.